The van der Waals surface area contributed by atoms with E-state index in [-0.39, 0.29) is 16.4 Å². The second-order valence-corrected chi connectivity index (χ2v) is 14.0. The number of methoxy groups -OCH3 is 1. The molecule has 7 rings (SSSR count). The number of rotatable bonds is 11. The molecule has 1 heterocycles. The van der Waals surface area contributed by atoms with Crippen LogP contribution in [0.3, 0.4) is 0 Å². The molecule has 0 unspecified atom stereocenters. The minimum absolute atomic E-state index is 0.0189. The fraction of sp³-hybridized carbons (Fsp3) is 0.119. The first kappa shape index (κ1) is 33.4. The number of ether oxygens (including phenoxy) is 2. The van der Waals surface area contributed by atoms with Crippen molar-refractivity contribution in [1.29, 1.82) is 0 Å². The summed E-state index contributed by atoms with van der Waals surface area (Å²) in [7, 11) is -2.44. The highest BCUT2D eigenvalue weighted by atomic mass is 32.2. The fourth-order valence-corrected chi connectivity index (χ4v) is 7.36. The summed E-state index contributed by atoms with van der Waals surface area (Å²) in [6.07, 6.45) is -0.668. The van der Waals surface area contributed by atoms with Crippen molar-refractivity contribution in [3.05, 3.63) is 179 Å². The van der Waals surface area contributed by atoms with Crippen LogP contribution in [0.15, 0.2) is 157 Å². The van der Waals surface area contributed by atoms with Gasteiger partial charge >= 0.3 is 0 Å². The quantitative estimate of drug-likeness (QED) is 0.146. The molecule has 0 saturated heterocycles. The Kier molecular flexibility index (Phi) is 9.46. The van der Waals surface area contributed by atoms with Crippen LogP contribution < -0.4 is 24.0 Å². The largest absolute Gasteiger partial charge is 0.497 e. The number of fused-ring (bicyclic) bond motifs is 1. The molecule has 51 heavy (non-hydrogen) atoms. The van der Waals surface area contributed by atoms with Gasteiger partial charge in [0.2, 0.25) is 0 Å². The zero-order valence-electron chi connectivity index (χ0n) is 28.3. The number of aryl methyl sites for hydroxylation is 1. The van der Waals surface area contributed by atoms with Gasteiger partial charge in [-0.25, -0.2) is 8.42 Å². The monoisotopic (exact) mass is 695 g/mol. The summed E-state index contributed by atoms with van der Waals surface area (Å²) >= 11 is 0. The number of hydrogen-bond donors (Lipinski definition) is 1. The molecule has 6 aromatic carbocycles. The third kappa shape index (κ3) is 7.15. The molecule has 1 aliphatic heterocycles. The summed E-state index contributed by atoms with van der Waals surface area (Å²) in [5.74, 6) is 0.916. The molecule has 0 aliphatic carbocycles. The molecule has 6 aromatic rings. The Morgan fingerprint density at radius 3 is 2.06 bits per heavy atom. The highest BCUT2D eigenvalue weighted by Crippen LogP contribution is 2.45. The minimum Gasteiger partial charge on any atom is -0.497 e. The van der Waals surface area contributed by atoms with Crippen LogP contribution in [0.5, 0.6) is 11.5 Å². The number of carbonyl (C=O) groups is 1. The number of para-hydroxylation sites is 1. The van der Waals surface area contributed by atoms with Crippen LogP contribution in [0.25, 0.3) is 0 Å². The average Bonchev–Trinajstić information content (AvgIpc) is 3.16. The lowest BCUT2D eigenvalue weighted by Crippen LogP contribution is -2.49. The van der Waals surface area contributed by atoms with Gasteiger partial charge in [0.15, 0.2) is 0 Å². The van der Waals surface area contributed by atoms with Crippen LogP contribution in [0.4, 0.5) is 17.1 Å². The highest BCUT2D eigenvalue weighted by Gasteiger charge is 2.41. The van der Waals surface area contributed by atoms with Crippen LogP contribution in [0, 0.1) is 6.92 Å². The summed E-state index contributed by atoms with van der Waals surface area (Å²) in [5, 5.41) is 0. The fourth-order valence-electron chi connectivity index (χ4n) is 6.27. The Balaban J connectivity index is 1.38. The van der Waals surface area contributed by atoms with Crippen molar-refractivity contribution in [2.24, 2.45) is 0 Å². The van der Waals surface area contributed by atoms with Gasteiger partial charge in [0.1, 0.15) is 24.3 Å². The van der Waals surface area contributed by atoms with Crippen LogP contribution in [-0.2, 0) is 23.2 Å². The summed E-state index contributed by atoms with van der Waals surface area (Å²) in [6.45, 7) is 2.69. The van der Waals surface area contributed by atoms with Gasteiger partial charge in [-0.2, -0.15) is 0 Å². The van der Waals surface area contributed by atoms with E-state index in [9.17, 15) is 13.2 Å². The zero-order valence-corrected chi connectivity index (χ0v) is 29.1. The molecule has 0 bridgehead atoms. The summed E-state index contributed by atoms with van der Waals surface area (Å²) < 4.78 is 42.0. The molecule has 0 aromatic heterocycles. The van der Waals surface area contributed by atoms with E-state index in [2.05, 4.69) is 9.62 Å². The number of carbonyl (C=O) groups excluding carboxylic acids is 1. The highest BCUT2D eigenvalue weighted by molar-refractivity contribution is 7.92. The van der Waals surface area contributed by atoms with Crippen molar-refractivity contribution in [2.45, 2.75) is 31.1 Å². The number of anilines is 3. The minimum atomic E-state index is -4.03. The molecule has 8 nitrogen and oxygen atoms in total. The van der Waals surface area contributed by atoms with Crippen LogP contribution in [-0.4, -0.2) is 21.4 Å². The zero-order chi connectivity index (χ0) is 35.4. The smallest absolute Gasteiger partial charge is 0.262 e. The predicted octanol–water partition coefficient (Wildman–Crippen LogP) is 8.75. The Morgan fingerprint density at radius 2 is 1.37 bits per heavy atom. The van der Waals surface area contributed by atoms with E-state index in [0.717, 1.165) is 22.3 Å². The van der Waals surface area contributed by atoms with E-state index >= 15 is 0 Å². The first-order valence-electron chi connectivity index (χ1n) is 16.6. The van der Waals surface area contributed by atoms with Gasteiger partial charge in [-0.15, -0.1) is 0 Å². The molecule has 0 spiro atoms. The van der Waals surface area contributed by atoms with E-state index in [1.54, 1.807) is 48.4 Å². The third-order valence-corrected chi connectivity index (χ3v) is 10.2. The lowest BCUT2D eigenvalue weighted by atomic mass is 9.98. The molecule has 1 N–H and O–H groups in total. The van der Waals surface area contributed by atoms with Crippen LogP contribution in [0.1, 0.15) is 38.8 Å². The normalized spacial score (nSPS) is 14.2. The van der Waals surface area contributed by atoms with Gasteiger partial charge in [0, 0.05) is 23.5 Å². The second kappa shape index (κ2) is 14.4. The molecule has 0 radical (unpaired) electrons. The maximum absolute atomic E-state index is 14.9. The van der Waals surface area contributed by atoms with Crippen molar-refractivity contribution >= 4 is 33.0 Å². The van der Waals surface area contributed by atoms with Gasteiger partial charge in [0.25, 0.3) is 15.9 Å². The molecule has 1 amide bonds. The van der Waals surface area contributed by atoms with Crippen molar-refractivity contribution in [2.75, 3.05) is 21.6 Å². The molecule has 1 aliphatic rings. The van der Waals surface area contributed by atoms with Gasteiger partial charge in [-0.05, 0) is 78.7 Å². The Morgan fingerprint density at radius 1 is 0.725 bits per heavy atom. The van der Waals surface area contributed by atoms with Crippen LogP contribution in [0.2, 0.25) is 0 Å². The number of benzene rings is 6. The first-order chi connectivity index (χ1) is 24.8. The third-order valence-electron chi connectivity index (χ3n) is 8.86. The molecular formula is C42H37N3O5S. The molecule has 0 fully saturated rings. The lowest BCUT2D eigenvalue weighted by Gasteiger charge is -2.46. The summed E-state index contributed by atoms with van der Waals surface area (Å²) in [5.41, 5.74) is 5.71. The number of nitrogens with zero attached hydrogens (tertiary/aromatic N) is 2. The van der Waals surface area contributed by atoms with Crippen molar-refractivity contribution in [3.8, 4) is 11.5 Å². The molecule has 0 saturated carbocycles. The summed E-state index contributed by atoms with van der Waals surface area (Å²) in [4.78, 5) is 18.7. The van der Waals surface area contributed by atoms with Gasteiger partial charge < -0.3 is 14.4 Å². The first-order valence-corrected chi connectivity index (χ1v) is 18.1. The van der Waals surface area contributed by atoms with E-state index in [0.29, 0.717) is 41.7 Å². The maximum atomic E-state index is 14.9. The Bertz CT molecular complexity index is 2250. The van der Waals surface area contributed by atoms with Crippen LogP contribution >= 0.6 is 0 Å². The van der Waals surface area contributed by atoms with E-state index in [1.807, 2.05) is 116 Å². The van der Waals surface area contributed by atoms with Gasteiger partial charge in [-0.3, -0.25) is 14.4 Å². The second-order valence-electron chi connectivity index (χ2n) is 12.3. The van der Waals surface area contributed by atoms with Crippen molar-refractivity contribution < 1.29 is 22.7 Å². The standard InChI is InChI=1S/C42H37N3O5S/c1-30-17-19-33(20-18-30)43-51(47,48)36-25-26-39-38(27-36)42(46)45(34-21-23-35(49-2)24-22-34)41(44(39)28-31-11-5-3-6-12-31)37-15-9-10-16-40(37)50-29-32-13-7-4-8-14-32/h3-27,41,43H,28-29H2,1-2H3/t41-/m1/s1. The molecular weight excluding hydrogens is 659 g/mol. The molecule has 9 heteroatoms. The Labute approximate surface area is 298 Å². The molecule has 256 valence electrons. The number of amides is 1. The topological polar surface area (TPSA) is 88.2 Å². The average molecular weight is 696 g/mol. The predicted molar refractivity (Wildman–Crippen MR) is 201 cm³/mol. The van der Waals surface area contributed by atoms with E-state index in [1.165, 1.54) is 6.07 Å². The van der Waals surface area contributed by atoms with E-state index in [4.69, 9.17) is 9.47 Å². The SMILES string of the molecule is COc1ccc(N2C(=O)c3cc(S(=O)(=O)Nc4ccc(C)cc4)ccc3N(Cc3ccccc3)[C@H]2c2ccccc2OCc2ccccc2)cc1. The van der Waals surface area contributed by atoms with Gasteiger partial charge in [0.05, 0.1) is 23.3 Å². The summed E-state index contributed by atoms with van der Waals surface area (Å²) in [6, 6.07) is 46.8. The number of hydrogen-bond acceptors (Lipinski definition) is 6. The number of nitrogens with one attached hydrogen (secondary N) is 1. The van der Waals surface area contributed by atoms with Gasteiger partial charge in [-0.1, -0.05) is 96.6 Å². The number of sulfonamides is 1. The lowest BCUT2D eigenvalue weighted by molar-refractivity contribution is 0.0967. The Hall–Kier alpha value is -6.06. The molecule has 1 atom stereocenters. The van der Waals surface area contributed by atoms with E-state index < -0.39 is 16.2 Å². The maximum Gasteiger partial charge on any atom is 0.262 e. The van der Waals surface area contributed by atoms with Crippen molar-refractivity contribution in [1.82, 2.24) is 0 Å². The van der Waals surface area contributed by atoms with Crippen molar-refractivity contribution in [3.63, 3.8) is 0 Å².